The van der Waals surface area contributed by atoms with E-state index in [0.717, 1.165) is 10.6 Å². The molecule has 0 amide bonds. The third kappa shape index (κ3) is 3.01. The van der Waals surface area contributed by atoms with Crippen LogP contribution < -0.4 is 0 Å². The van der Waals surface area contributed by atoms with E-state index in [2.05, 4.69) is 31.1 Å². The summed E-state index contributed by atoms with van der Waals surface area (Å²) < 4.78 is 13.1. The smallest absolute Gasteiger partial charge is 0.123 e. The summed E-state index contributed by atoms with van der Waals surface area (Å²) in [6.45, 7) is 0. The van der Waals surface area contributed by atoms with Crippen molar-refractivity contribution in [1.82, 2.24) is 4.90 Å². The third-order valence-corrected chi connectivity index (χ3v) is 4.99. The molecule has 0 aromatic heterocycles. The quantitative estimate of drug-likeness (QED) is 0.853. The van der Waals surface area contributed by atoms with E-state index >= 15 is 0 Å². The minimum atomic E-state index is -0.217. The minimum absolute atomic E-state index is 0.103. The second kappa shape index (κ2) is 6.00. The van der Waals surface area contributed by atoms with Gasteiger partial charge in [0, 0.05) is 5.56 Å². The van der Waals surface area contributed by atoms with Crippen LogP contribution in [0, 0.1) is 5.82 Å². The molecule has 2 aromatic carbocycles. The Kier molecular flexibility index (Phi) is 4.08. The van der Waals surface area contributed by atoms with E-state index in [-0.39, 0.29) is 17.2 Å². The first-order valence-electron chi connectivity index (χ1n) is 6.87. The number of aliphatic imine (C=N–C) groups is 1. The van der Waals surface area contributed by atoms with Gasteiger partial charge in [-0.1, -0.05) is 42.1 Å². The number of hydrogen-bond acceptors (Lipinski definition) is 3. The van der Waals surface area contributed by atoms with Crippen molar-refractivity contribution in [3.8, 4) is 0 Å². The Bertz CT molecular complexity index is 638. The Morgan fingerprint density at radius 2 is 1.67 bits per heavy atom. The molecule has 2 nitrogen and oxygen atoms in total. The van der Waals surface area contributed by atoms with Crippen molar-refractivity contribution in [3.05, 3.63) is 71.5 Å². The molecule has 3 rings (SSSR count). The van der Waals surface area contributed by atoms with Crippen molar-refractivity contribution in [3.63, 3.8) is 0 Å². The van der Waals surface area contributed by atoms with Crippen LogP contribution in [-0.4, -0.2) is 29.4 Å². The summed E-state index contributed by atoms with van der Waals surface area (Å²) in [5.74, 6) is -0.217. The molecular formula is C17H17FN2S. The third-order valence-electron chi connectivity index (χ3n) is 3.50. The van der Waals surface area contributed by atoms with Gasteiger partial charge in [0.2, 0.25) is 0 Å². The molecule has 0 spiro atoms. The van der Waals surface area contributed by atoms with E-state index in [0.29, 0.717) is 0 Å². The Morgan fingerprint density at radius 3 is 2.29 bits per heavy atom. The molecule has 0 saturated heterocycles. The summed E-state index contributed by atoms with van der Waals surface area (Å²) in [7, 11) is 4.13. The lowest BCUT2D eigenvalue weighted by Gasteiger charge is -2.24. The zero-order valence-electron chi connectivity index (χ0n) is 12.0. The lowest BCUT2D eigenvalue weighted by Crippen LogP contribution is -2.28. The SMILES string of the molecule is CN(C)C1SC(c2ccc(F)cc2)=NC1c1ccccc1. The monoisotopic (exact) mass is 300 g/mol. The fourth-order valence-corrected chi connectivity index (χ4v) is 3.64. The summed E-state index contributed by atoms with van der Waals surface area (Å²) in [6.07, 6.45) is 0. The highest BCUT2D eigenvalue weighted by molar-refractivity contribution is 8.15. The molecule has 0 aliphatic carbocycles. The first-order valence-corrected chi connectivity index (χ1v) is 7.75. The number of likely N-dealkylation sites (N-methyl/N-ethyl adjacent to an activating group) is 1. The lowest BCUT2D eigenvalue weighted by atomic mass is 10.1. The van der Waals surface area contributed by atoms with Gasteiger partial charge in [0.05, 0.1) is 5.37 Å². The van der Waals surface area contributed by atoms with E-state index in [1.165, 1.54) is 17.7 Å². The molecule has 0 bridgehead atoms. The Hall–Kier alpha value is -1.65. The molecule has 2 atom stereocenters. The van der Waals surface area contributed by atoms with Crippen LogP contribution in [0.25, 0.3) is 0 Å². The van der Waals surface area contributed by atoms with Crippen LogP contribution in [0.4, 0.5) is 4.39 Å². The molecule has 108 valence electrons. The topological polar surface area (TPSA) is 15.6 Å². The van der Waals surface area contributed by atoms with Crippen molar-refractivity contribution in [2.24, 2.45) is 4.99 Å². The normalized spacial score (nSPS) is 21.6. The largest absolute Gasteiger partial charge is 0.295 e. The molecule has 2 aromatic rings. The van der Waals surface area contributed by atoms with Gasteiger partial charge in [-0.25, -0.2) is 4.39 Å². The molecule has 1 aliphatic heterocycles. The highest BCUT2D eigenvalue weighted by Gasteiger charge is 2.33. The van der Waals surface area contributed by atoms with Crippen LogP contribution in [0.15, 0.2) is 59.6 Å². The molecule has 0 N–H and O–H groups in total. The van der Waals surface area contributed by atoms with Crippen molar-refractivity contribution in [2.45, 2.75) is 11.4 Å². The number of halogens is 1. The number of nitrogens with zero attached hydrogens (tertiary/aromatic N) is 2. The van der Waals surface area contributed by atoms with Gasteiger partial charge in [-0.05, 0) is 43.9 Å². The Balaban J connectivity index is 1.95. The van der Waals surface area contributed by atoms with E-state index in [9.17, 15) is 4.39 Å². The molecule has 1 aliphatic rings. The summed E-state index contributed by atoms with van der Waals surface area (Å²) in [5, 5.41) is 1.23. The first kappa shape index (κ1) is 14.3. The second-order valence-corrected chi connectivity index (χ2v) is 6.37. The second-order valence-electron chi connectivity index (χ2n) is 5.27. The molecule has 1 heterocycles. The minimum Gasteiger partial charge on any atom is -0.295 e. The van der Waals surface area contributed by atoms with Gasteiger partial charge < -0.3 is 0 Å². The van der Waals surface area contributed by atoms with Crippen LogP contribution in [0.1, 0.15) is 17.2 Å². The first-order chi connectivity index (χ1) is 10.1. The van der Waals surface area contributed by atoms with Gasteiger partial charge in [0.1, 0.15) is 16.9 Å². The Morgan fingerprint density at radius 1 is 1.00 bits per heavy atom. The fourth-order valence-electron chi connectivity index (χ4n) is 2.41. The van der Waals surface area contributed by atoms with Crippen molar-refractivity contribution in [2.75, 3.05) is 14.1 Å². The summed E-state index contributed by atoms with van der Waals surface area (Å²) >= 11 is 1.73. The molecule has 21 heavy (non-hydrogen) atoms. The molecule has 0 saturated carbocycles. The van der Waals surface area contributed by atoms with Crippen molar-refractivity contribution in [1.29, 1.82) is 0 Å². The zero-order valence-corrected chi connectivity index (χ0v) is 12.8. The van der Waals surface area contributed by atoms with Crippen molar-refractivity contribution < 1.29 is 4.39 Å². The number of benzene rings is 2. The van der Waals surface area contributed by atoms with Gasteiger partial charge in [0.25, 0.3) is 0 Å². The van der Waals surface area contributed by atoms with Gasteiger partial charge in [-0.3, -0.25) is 9.89 Å². The molecule has 4 heteroatoms. The molecule has 2 unspecified atom stereocenters. The van der Waals surface area contributed by atoms with Crippen LogP contribution >= 0.6 is 11.8 Å². The standard InChI is InChI=1S/C17H17FN2S/c1-20(2)17-15(12-6-4-3-5-7-12)19-16(21-17)13-8-10-14(18)11-9-13/h3-11,15,17H,1-2H3. The van der Waals surface area contributed by atoms with E-state index in [1.54, 1.807) is 23.9 Å². The maximum Gasteiger partial charge on any atom is 0.123 e. The summed E-state index contributed by atoms with van der Waals surface area (Å²) in [5.41, 5.74) is 2.19. The number of rotatable bonds is 3. The van der Waals surface area contributed by atoms with Crippen LogP contribution in [0.3, 0.4) is 0 Å². The highest BCUT2D eigenvalue weighted by atomic mass is 32.2. The maximum absolute atomic E-state index is 13.1. The zero-order chi connectivity index (χ0) is 14.8. The lowest BCUT2D eigenvalue weighted by molar-refractivity contribution is 0.349. The van der Waals surface area contributed by atoms with Gasteiger partial charge in [-0.2, -0.15) is 0 Å². The molecule has 0 fully saturated rings. The molecule has 0 radical (unpaired) electrons. The molecular weight excluding hydrogens is 283 g/mol. The summed E-state index contributed by atoms with van der Waals surface area (Å²) in [4.78, 5) is 7.06. The predicted octanol–water partition coefficient (Wildman–Crippen LogP) is 3.95. The summed E-state index contributed by atoms with van der Waals surface area (Å²) in [6, 6.07) is 17.0. The average Bonchev–Trinajstić information content (AvgIpc) is 2.94. The van der Waals surface area contributed by atoms with E-state index < -0.39 is 0 Å². The average molecular weight is 300 g/mol. The van der Waals surface area contributed by atoms with Gasteiger partial charge in [0.15, 0.2) is 0 Å². The predicted molar refractivity (Wildman–Crippen MR) is 87.2 cm³/mol. The van der Waals surface area contributed by atoms with Crippen LogP contribution in [0.5, 0.6) is 0 Å². The van der Waals surface area contributed by atoms with Gasteiger partial charge in [-0.15, -0.1) is 0 Å². The van der Waals surface area contributed by atoms with Gasteiger partial charge >= 0.3 is 0 Å². The number of hydrogen-bond donors (Lipinski definition) is 0. The van der Waals surface area contributed by atoms with Crippen LogP contribution in [0.2, 0.25) is 0 Å². The highest BCUT2D eigenvalue weighted by Crippen LogP contribution is 2.40. The van der Waals surface area contributed by atoms with E-state index in [1.807, 2.05) is 18.2 Å². The maximum atomic E-state index is 13.1. The van der Waals surface area contributed by atoms with Crippen molar-refractivity contribution >= 4 is 16.8 Å². The Labute approximate surface area is 128 Å². The van der Waals surface area contributed by atoms with E-state index in [4.69, 9.17) is 4.99 Å². The number of thioether (sulfide) groups is 1. The van der Waals surface area contributed by atoms with Crippen LogP contribution in [-0.2, 0) is 0 Å². The fraction of sp³-hybridized carbons (Fsp3) is 0.235.